The van der Waals surface area contributed by atoms with E-state index in [-0.39, 0.29) is 5.91 Å². The van der Waals surface area contributed by atoms with E-state index in [1.54, 1.807) is 0 Å². The first-order valence-corrected chi connectivity index (χ1v) is 8.15. The normalized spacial score (nSPS) is 13.5. The molecule has 0 fully saturated rings. The van der Waals surface area contributed by atoms with Crippen LogP contribution in [0.5, 0.6) is 0 Å². The molecule has 4 N–H and O–H groups in total. The van der Waals surface area contributed by atoms with Crippen LogP contribution in [0.2, 0.25) is 0 Å². The van der Waals surface area contributed by atoms with Crippen LogP contribution in [0.25, 0.3) is 0 Å². The fourth-order valence-electron chi connectivity index (χ4n) is 2.96. The van der Waals surface area contributed by atoms with Crippen molar-refractivity contribution >= 4 is 23.2 Å². The minimum Gasteiger partial charge on any atom is -0.370 e. The van der Waals surface area contributed by atoms with Gasteiger partial charge in [0, 0.05) is 18.3 Å². The van der Waals surface area contributed by atoms with Gasteiger partial charge in [-0.1, -0.05) is 18.2 Å². The molecule has 3 rings (SSSR count). The van der Waals surface area contributed by atoms with Crippen molar-refractivity contribution < 1.29 is 4.79 Å². The summed E-state index contributed by atoms with van der Waals surface area (Å²) < 4.78 is 0. The van der Waals surface area contributed by atoms with Gasteiger partial charge >= 0.3 is 0 Å². The number of carbonyl (C=O) groups is 1. The van der Waals surface area contributed by atoms with Gasteiger partial charge in [0.15, 0.2) is 5.96 Å². The van der Waals surface area contributed by atoms with Crippen molar-refractivity contribution in [3.8, 4) is 0 Å². The van der Waals surface area contributed by atoms with E-state index < -0.39 is 0 Å². The average molecular weight is 322 g/mol. The fourth-order valence-corrected chi connectivity index (χ4v) is 2.96. The molecule has 1 aliphatic rings. The summed E-state index contributed by atoms with van der Waals surface area (Å²) in [6.45, 7) is 1.94. The molecule has 2 aromatic rings. The molecule has 1 aliphatic carbocycles. The van der Waals surface area contributed by atoms with Crippen LogP contribution in [0.15, 0.2) is 47.5 Å². The largest absolute Gasteiger partial charge is 0.370 e. The number of aliphatic imine (C=N–C) groups is 1. The lowest BCUT2D eigenvalue weighted by atomic mass is 10.1. The van der Waals surface area contributed by atoms with Gasteiger partial charge in [-0.3, -0.25) is 4.79 Å². The van der Waals surface area contributed by atoms with Gasteiger partial charge in [0.05, 0.1) is 6.54 Å². The number of guanidine groups is 1. The summed E-state index contributed by atoms with van der Waals surface area (Å²) in [5, 5.41) is 5.91. The Labute approximate surface area is 142 Å². The van der Waals surface area contributed by atoms with Crippen LogP contribution >= 0.6 is 0 Å². The third-order valence-corrected chi connectivity index (χ3v) is 4.05. The lowest BCUT2D eigenvalue weighted by molar-refractivity contribution is -0.114. The Balaban J connectivity index is 1.63. The van der Waals surface area contributed by atoms with Gasteiger partial charge in [-0.05, 0) is 60.2 Å². The summed E-state index contributed by atoms with van der Waals surface area (Å²) >= 11 is 0. The van der Waals surface area contributed by atoms with Gasteiger partial charge in [0.2, 0.25) is 5.91 Å². The topological polar surface area (TPSA) is 79.5 Å². The number of rotatable bonds is 4. The Morgan fingerprint density at radius 1 is 1.08 bits per heavy atom. The Morgan fingerprint density at radius 3 is 2.71 bits per heavy atom. The molecule has 124 valence electrons. The Hall–Kier alpha value is -2.82. The second-order valence-electron chi connectivity index (χ2n) is 6.05. The van der Waals surface area contributed by atoms with E-state index in [4.69, 9.17) is 5.73 Å². The van der Waals surface area contributed by atoms with Gasteiger partial charge in [-0.25, -0.2) is 4.99 Å². The van der Waals surface area contributed by atoms with Crippen molar-refractivity contribution in [3.05, 3.63) is 59.2 Å². The first-order chi connectivity index (χ1) is 11.6. The van der Waals surface area contributed by atoms with Crippen molar-refractivity contribution in [1.29, 1.82) is 0 Å². The number of fused-ring (bicyclic) bond motifs is 1. The van der Waals surface area contributed by atoms with Crippen LogP contribution in [0.3, 0.4) is 0 Å². The highest BCUT2D eigenvalue weighted by Crippen LogP contribution is 2.24. The molecular weight excluding hydrogens is 300 g/mol. The SMILES string of the molecule is CC(=O)Nc1cccc(CN=C(N)Nc2ccc3c(c2)CCC3)c1. The molecule has 0 bridgehead atoms. The number of nitrogens with zero attached hydrogens (tertiary/aromatic N) is 1. The molecule has 0 aliphatic heterocycles. The quantitative estimate of drug-likeness (QED) is 0.598. The third-order valence-electron chi connectivity index (χ3n) is 4.05. The number of nitrogens with one attached hydrogen (secondary N) is 2. The number of amides is 1. The van der Waals surface area contributed by atoms with Crippen molar-refractivity contribution in [3.63, 3.8) is 0 Å². The maximum Gasteiger partial charge on any atom is 0.221 e. The summed E-state index contributed by atoms with van der Waals surface area (Å²) in [5.41, 5.74) is 11.5. The molecule has 5 nitrogen and oxygen atoms in total. The molecule has 0 aromatic heterocycles. The molecule has 2 aromatic carbocycles. The molecule has 0 radical (unpaired) electrons. The monoisotopic (exact) mass is 322 g/mol. The third kappa shape index (κ3) is 4.13. The Kier molecular flexibility index (Phi) is 4.79. The molecule has 0 unspecified atom stereocenters. The van der Waals surface area contributed by atoms with Gasteiger partial charge in [0.1, 0.15) is 0 Å². The molecule has 0 heterocycles. The molecule has 0 atom stereocenters. The van der Waals surface area contributed by atoms with Crippen molar-refractivity contribution in [1.82, 2.24) is 0 Å². The zero-order chi connectivity index (χ0) is 16.9. The summed E-state index contributed by atoms with van der Waals surface area (Å²) in [5.74, 6) is 0.298. The smallest absolute Gasteiger partial charge is 0.221 e. The van der Waals surface area contributed by atoms with Crippen molar-refractivity contribution in [2.45, 2.75) is 32.7 Å². The van der Waals surface area contributed by atoms with E-state index in [0.717, 1.165) is 23.4 Å². The van der Waals surface area contributed by atoms with Gasteiger partial charge in [0.25, 0.3) is 0 Å². The number of nitrogens with two attached hydrogens (primary N) is 1. The molecule has 0 spiro atoms. The standard InChI is InChI=1S/C19H22N4O/c1-13(24)22-17-7-2-4-14(10-17)12-21-19(20)23-18-9-8-15-5-3-6-16(15)11-18/h2,4,7-11H,3,5-6,12H2,1H3,(H,22,24)(H3,20,21,23). The van der Waals surface area contributed by atoms with Crippen LogP contribution < -0.4 is 16.4 Å². The van der Waals surface area contributed by atoms with Crippen LogP contribution in [0.1, 0.15) is 30.0 Å². The Bertz CT molecular complexity index is 783. The second kappa shape index (κ2) is 7.17. The highest BCUT2D eigenvalue weighted by atomic mass is 16.1. The van der Waals surface area contributed by atoms with Gasteiger partial charge in [-0.15, -0.1) is 0 Å². The van der Waals surface area contributed by atoms with Crippen LogP contribution in [0, 0.1) is 0 Å². The minimum atomic E-state index is -0.0894. The number of hydrogen-bond acceptors (Lipinski definition) is 2. The van der Waals surface area contributed by atoms with E-state index in [1.165, 1.54) is 30.9 Å². The lowest BCUT2D eigenvalue weighted by Gasteiger charge is -2.08. The van der Waals surface area contributed by atoms with E-state index in [1.807, 2.05) is 30.3 Å². The van der Waals surface area contributed by atoms with E-state index in [9.17, 15) is 4.79 Å². The number of benzene rings is 2. The van der Waals surface area contributed by atoms with Gasteiger partial charge < -0.3 is 16.4 Å². The first-order valence-electron chi connectivity index (χ1n) is 8.15. The van der Waals surface area contributed by atoms with Crippen LogP contribution in [-0.4, -0.2) is 11.9 Å². The summed E-state index contributed by atoms with van der Waals surface area (Å²) in [6, 6.07) is 14.0. The first kappa shape index (κ1) is 16.1. The average Bonchev–Trinajstić information content (AvgIpc) is 3.00. The maximum atomic E-state index is 11.1. The van der Waals surface area contributed by atoms with Crippen LogP contribution in [-0.2, 0) is 24.2 Å². The number of anilines is 2. The van der Waals surface area contributed by atoms with E-state index in [2.05, 4.69) is 27.8 Å². The molecule has 5 heteroatoms. The fraction of sp³-hybridized carbons (Fsp3) is 0.263. The predicted molar refractivity (Wildman–Crippen MR) is 98.2 cm³/mol. The minimum absolute atomic E-state index is 0.0894. The lowest BCUT2D eigenvalue weighted by Crippen LogP contribution is -2.22. The summed E-state index contributed by atoms with van der Waals surface area (Å²) in [7, 11) is 0. The maximum absolute atomic E-state index is 11.1. The van der Waals surface area contributed by atoms with Crippen LogP contribution in [0.4, 0.5) is 11.4 Å². The van der Waals surface area contributed by atoms with E-state index in [0.29, 0.717) is 12.5 Å². The molecular formula is C19H22N4O. The highest BCUT2D eigenvalue weighted by molar-refractivity contribution is 5.92. The molecule has 24 heavy (non-hydrogen) atoms. The summed E-state index contributed by atoms with van der Waals surface area (Å²) in [6.07, 6.45) is 3.54. The number of carbonyl (C=O) groups excluding carboxylic acids is 1. The van der Waals surface area contributed by atoms with Crippen molar-refractivity contribution in [2.75, 3.05) is 10.6 Å². The second-order valence-corrected chi connectivity index (χ2v) is 6.05. The number of aryl methyl sites for hydroxylation is 2. The van der Waals surface area contributed by atoms with E-state index >= 15 is 0 Å². The highest BCUT2D eigenvalue weighted by Gasteiger charge is 2.10. The zero-order valence-corrected chi connectivity index (χ0v) is 13.8. The molecule has 0 saturated carbocycles. The summed E-state index contributed by atoms with van der Waals surface area (Å²) in [4.78, 5) is 15.5. The zero-order valence-electron chi connectivity index (χ0n) is 13.8. The molecule has 0 saturated heterocycles. The molecule has 1 amide bonds. The number of hydrogen-bond donors (Lipinski definition) is 3. The van der Waals surface area contributed by atoms with Crippen molar-refractivity contribution in [2.24, 2.45) is 10.7 Å². The van der Waals surface area contributed by atoms with Gasteiger partial charge in [-0.2, -0.15) is 0 Å². The predicted octanol–water partition coefficient (Wildman–Crippen LogP) is 3.06. The Morgan fingerprint density at radius 2 is 1.88 bits per heavy atom.